The summed E-state index contributed by atoms with van der Waals surface area (Å²) in [6, 6.07) is 13.2. The zero-order valence-corrected chi connectivity index (χ0v) is 14.4. The summed E-state index contributed by atoms with van der Waals surface area (Å²) < 4.78 is 17.8. The maximum absolute atomic E-state index is 12.8. The minimum absolute atomic E-state index is 0.00296. The van der Waals surface area contributed by atoms with E-state index in [1.54, 1.807) is 0 Å². The van der Waals surface area contributed by atoms with Crippen LogP contribution in [0.25, 0.3) is 0 Å². The lowest BCUT2D eigenvalue weighted by molar-refractivity contribution is -0.146. The molecule has 0 aliphatic heterocycles. The normalized spacial score (nSPS) is 11.6. The molecule has 1 atom stereocenters. The highest BCUT2D eigenvalue weighted by molar-refractivity contribution is 5.93. The minimum Gasteiger partial charge on any atom is -0.455 e. The zero-order valence-electron chi connectivity index (χ0n) is 14.4. The molecular weight excluding hydrogens is 321 g/mol. The predicted molar refractivity (Wildman–Crippen MR) is 94.8 cm³/mol. The number of benzene rings is 2. The van der Waals surface area contributed by atoms with Crippen LogP contribution in [0.1, 0.15) is 37.3 Å². The first-order valence-corrected chi connectivity index (χ1v) is 8.28. The van der Waals surface area contributed by atoms with Crippen molar-refractivity contribution in [3.8, 4) is 0 Å². The molecule has 132 valence electrons. The molecule has 0 radical (unpaired) electrons. The van der Waals surface area contributed by atoms with Gasteiger partial charge in [-0.1, -0.05) is 44.2 Å². The number of anilines is 1. The first-order chi connectivity index (χ1) is 12.0. The van der Waals surface area contributed by atoms with Crippen molar-refractivity contribution >= 4 is 17.6 Å². The summed E-state index contributed by atoms with van der Waals surface area (Å²) in [6.45, 7) is 3.82. The molecule has 0 saturated carbocycles. The van der Waals surface area contributed by atoms with E-state index in [0.717, 1.165) is 17.7 Å². The van der Waals surface area contributed by atoms with Crippen LogP contribution in [0.5, 0.6) is 0 Å². The standard InChI is InChI=1S/C20H22FNO3/c1-3-14(2)17-6-4-5-7-18(17)22-19(23)13-25-20(24)12-15-8-10-16(21)11-9-15/h4-11,14H,3,12-13H2,1-2H3,(H,22,23)/t14-/m0/s1. The summed E-state index contributed by atoms with van der Waals surface area (Å²) in [5, 5.41) is 2.79. The van der Waals surface area contributed by atoms with Gasteiger partial charge >= 0.3 is 5.97 Å². The average molecular weight is 343 g/mol. The summed E-state index contributed by atoms with van der Waals surface area (Å²) in [4.78, 5) is 23.8. The molecule has 1 amide bonds. The average Bonchev–Trinajstić information content (AvgIpc) is 2.62. The van der Waals surface area contributed by atoms with Gasteiger partial charge in [-0.15, -0.1) is 0 Å². The van der Waals surface area contributed by atoms with Crippen LogP contribution in [0.15, 0.2) is 48.5 Å². The zero-order chi connectivity index (χ0) is 18.2. The molecule has 25 heavy (non-hydrogen) atoms. The number of nitrogens with one attached hydrogen (secondary N) is 1. The van der Waals surface area contributed by atoms with Gasteiger partial charge in [0.25, 0.3) is 5.91 Å². The molecule has 5 heteroatoms. The molecule has 0 fully saturated rings. The number of hydrogen-bond acceptors (Lipinski definition) is 3. The summed E-state index contributed by atoms with van der Waals surface area (Å²) in [5.74, 6) is -0.964. The number of para-hydroxylation sites is 1. The molecule has 0 unspecified atom stereocenters. The molecule has 0 heterocycles. The smallest absolute Gasteiger partial charge is 0.310 e. The third-order valence-electron chi connectivity index (χ3n) is 4.00. The second kappa shape index (κ2) is 8.97. The van der Waals surface area contributed by atoms with Crippen molar-refractivity contribution in [2.24, 2.45) is 0 Å². The summed E-state index contributed by atoms with van der Waals surface area (Å²) in [7, 11) is 0. The molecule has 1 N–H and O–H groups in total. The van der Waals surface area contributed by atoms with Crippen molar-refractivity contribution in [2.45, 2.75) is 32.6 Å². The third-order valence-corrected chi connectivity index (χ3v) is 4.00. The SMILES string of the molecule is CC[C@H](C)c1ccccc1NC(=O)COC(=O)Cc1ccc(F)cc1. The van der Waals surface area contributed by atoms with Gasteiger partial charge in [0.15, 0.2) is 6.61 Å². The van der Waals surface area contributed by atoms with Gasteiger partial charge < -0.3 is 10.1 Å². The van der Waals surface area contributed by atoms with Gasteiger partial charge in [-0.25, -0.2) is 4.39 Å². The van der Waals surface area contributed by atoms with E-state index in [-0.39, 0.29) is 24.8 Å². The number of amides is 1. The van der Waals surface area contributed by atoms with E-state index in [4.69, 9.17) is 4.74 Å². The Hall–Kier alpha value is -2.69. The Labute approximate surface area is 147 Å². The number of halogens is 1. The number of ether oxygens (including phenoxy) is 1. The Balaban J connectivity index is 1.86. The fraction of sp³-hybridized carbons (Fsp3) is 0.300. The molecule has 0 spiro atoms. The number of carbonyl (C=O) groups excluding carboxylic acids is 2. The second-order valence-electron chi connectivity index (χ2n) is 5.91. The summed E-state index contributed by atoms with van der Waals surface area (Å²) in [6.07, 6.45) is 0.955. The number of carbonyl (C=O) groups is 2. The highest BCUT2D eigenvalue weighted by Gasteiger charge is 2.13. The minimum atomic E-state index is -0.531. The third kappa shape index (κ3) is 5.71. The lowest BCUT2D eigenvalue weighted by Gasteiger charge is -2.15. The van der Waals surface area contributed by atoms with E-state index in [0.29, 0.717) is 11.5 Å². The monoisotopic (exact) mass is 343 g/mol. The second-order valence-corrected chi connectivity index (χ2v) is 5.91. The Morgan fingerprint density at radius 1 is 1.12 bits per heavy atom. The highest BCUT2D eigenvalue weighted by atomic mass is 19.1. The molecule has 0 bridgehead atoms. The van der Waals surface area contributed by atoms with Crippen LogP contribution in [0.3, 0.4) is 0 Å². The molecule has 2 aromatic rings. The Kier molecular flexibility index (Phi) is 6.69. The topological polar surface area (TPSA) is 55.4 Å². The van der Waals surface area contributed by atoms with E-state index in [9.17, 15) is 14.0 Å². The van der Waals surface area contributed by atoms with Crippen LogP contribution in [0.4, 0.5) is 10.1 Å². The van der Waals surface area contributed by atoms with Gasteiger partial charge in [-0.05, 0) is 41.7 Å². The lowest BCUT2D eigenvalue weighted by Crippen LogP contribution is -2.22. The van der Waals surface area contributed by atoms with Gasteiger partial charge in [-0.2, -0.15) is 0 Å². The van der Waals surface area contributed by atoms with Gasteiger partial charge in [-0.3, -0.25) is 9.59 Å². The Morgan fingerprint density at radius 3 is 2.48 bits per heavy atom. The maximum atomic E-state index is 12.8. The first kappa shape index (κ1) is 18.6. The Morgan fingerprint density at radius 2 is 1.80 bits per heavy atom. The largest absolute Gasteiger partial charge is 0.455 e. The van der Waals surface area contributed by atoms with Crippen molar-refractivity contribution in [1.82, 2.24) is 0 Å². The molecule has 2 rings (SSSR count). The molecule has 0 aliphatic carbocycles. The lowest BCUT2D eigenvalue weighted by atomic mass is 9.97. The quantitative estimate of drug-likeness (QED) is 0.771. The van der Waals surface area contributed by atoms with Crippen LogP contribution in [0, 0.1) is 5.82 Å². The molecule has 4 nitrogen and oxygen atoms in total. The molecular formula is C20H22FNO3. The molecule has 0 saturated heterocycles. The van der Waals surface area contributed by atoms with Crippen LogP contribution in [-0.4, -0.2) is 18.5 Å². The molecule has 0 aromatic heterocycles. The van der Waals surface area contributed by atoms with Gasteiger partial charge in [0.1, 0.15) is 5.82 Å². The summed E-state index contributed by atoms with van der Waals surface area (Å²) >= 11 is 0. The maximum Gasteiger partial charge on any atom is 0.310 e. The highest BCUT2D eigenvalue weighted by Crippen LogP contribution is 2.26. The van der Waals surface area contributed by atoms with Gasteiger partial charge in [0.2, 0.25) is 0 Å². The van der Waals surface area contributed by atoms with Crippen LogP contribution in [-0.2, 0) is 20.7 Å². The number of hydrogen-bond donors (Lipinski definition) is 1. The van der Waals surface area contributed by atoms with Crippen molar-refractivity contribution in [2.75, 3.05) is 11.9 Å². The fourth-order valence-corrected chi connectivity index (χ4v) is 2.41. The van der Waals surface area contributed by atoms with E-state index in [1.165, 1.54) is 24.3 Å². The first-order valence-electron chi connectivity index (χ1n) is 8.28. The van der Waals surface area contributed by atoms with E-state index >= 15 is 0 Å². The van der Waals surface area contributed by atoms with Crippen LogP contribution < -0.4 is 5.32 Å². The van der Waals surface area contributed by atoms with E-state index in [2.05, 4.69) is 19.2 Å². The van der Waals surface area contributed by atoms with Gasteiger partial charge in [0, 0.05) is 5.69 Å². The van der Waals surface area contributed by atoms with Crippen molar-refractivity contribution < 1.29 is 18.7 Å². The van der Waals surface area contributed by atoms with Crippen molar-refractivity contribution in [3.05, 3.63) is 65.5 Å². The number of rotatable bonds is 7. The van der Waals surface area contributed by atoms with Crippen LogP contribution >= 0.6 is 0 Å². The fourth-order valence-electron chi connectivity index (χ4n) is 2.41. The van der Waals surface area contributed by atoms with Gasteiger partial charge in [0.05, 0.1) is 6.42 Å². The van der Waals surface area contributed by atoms with E-state index < -0.39 is 5.97 Å². The van der Waals surface area contributed by atoms with E-state index in [1.807, 2.05) is 24.3 Å². The summed E-state index contributed by atoms with van der Waals surface area (Å²) in [5.41, 5.74) is 2.42. The molecule has 0 aliphatic rings. The number of esters is 1. The van der Waals surface area contributed by atoms with Crippen molar-refractivity contribution in [1.29, 1.82) is 0 Å². The predicted octanol–water partition coefficient (Wildman–Crippen LogP) is 4.06. The van der Waals surface area contributed by atoms with Crippen molar-refractivity contribution in [3.63, 3.8) is 0 Å². The van der Waals surface area contributed by atoms with Crippen LogP contribution in [0.2, 0.25) is 0 Å². The Bertz CT molecular complexity index is 728. The molecule has 2 aromatic carbocycles.